The molecule has 0 amide bonds. The molecule has 1 heterocycles. The Bertz CT molecular complexity index is 420. The Morgan fingerprint density at radius 2 is 2.00 bits per heavy atom. The molecule has 1 aliphatic heterocycles. The van der Waals surface area contributed by atoms with Gasteiger partial charge < -0.3 is 10.5 Å². The van der Waals surface area contributed by atoms with Gasteiger partial charge in [-0.1, -0.05) is 36.7 Å². The molecule has 2 N–H and O–H groups in total. The molecule has 1 fully saturated rings. The van der Waals surface area contributed by atoms with E-state index in [0.29, 0.717) is 0 Å². The van der Waals surface area contributed by atoms with Crippen molar-refractivity contribution in [2.24, 2.45) is 5.73 Å². The normalized spacial score (nSPS) is 21.9. The molecule has 0 spiro atoms. The molecule has 0 aliphatic carbocycles. The summed E-state index contributed by atoms with van der Waals surface area (Å²) >= 11 is 6.30. The van der Waals surface area contributed by atoms with E-state index < -0.39 is 0 Å². The van der Waals surface area contributed by atoms with Crippen LogP contribution in [0.5, 0.6) is 0 Å². The molecule has 0 radical (unpaired) electrons. The van der Waals surface area contributed by atoms with Gasteiger partial charge in [0.1, 0.15) is 0 Å². The third-order valence-electron chi connectivity index (χ3n) is 4.36. The summed E-state index contributed by atoms with van der Waals surface area (Å²) in [6.07, 6.45) is 0.986. The van der Waals surface area contributed by atoms with Gasteiger partial charge in [-0.3, -0.25) is 4.90 Å². The summed E-state index contributed by atoms with van der Waals surface area (Å²) in [6.45, 7) is 7.85. The smallest absolute Gasteiger partial charge is 0.0594 e. The van der Waals surface area contributed by atoms with Crippen LogP contribution in [0, 0.1) is 0 Å². The van der Waals surface area contributed by atoms with Gasteiger partial charge >= 0.3 is 0 Å². The molecule has 2 rings (SSSR count). The molecule has 0 bridgehead atoms. The minimum Gasteiger partial charge on any atom is -0.379 e. The fourth-order valence-electron chi connectivity index (χ4n) is 2.78. The second-order valence-corrected chi connectivity index (χ2v) is 5.72. The van der Waals surface area contributed by atoms with Crippen molar-refractivity contribution >= 4 is 11.6 Å². The molecule has 0 saturated carbocycles. The molecule has 3 nitrogen and oxygen atoms in total. The van der Waals surface area contributed by atoms with Gasteiger partial charge in [-0.2, -0.15) is 0 Å². The van der Waals surface area contributed by atoms with Gasteiger partial charge in [0.2, 0.25) is 0 Å². The first-order valence-electron chi connectivity index (χ1n) is 6.92. The Morgan fingerprint density at radius 1 is 1.37 bits per heavy atom. The van der Waals surface area contributed by atoms with Crippen LogP contribution in [0.15, 0.2) is 24.3 Å². The van der Waals surface area contributed by atoms with E-state index >= 15 is 0 Å². The van der Waals surface area contributed by atoms with E-state index in [9.17, 15) is 0 Å². The number of ether oxygens (including phenoxy) is 1. The average Bonchev–Trinajstić information content (AvgIpc) is 2.47. The lowest BCUT2D eigenvalue weighted by Gasteiger charge is -2.46. The van der Waals surface area contributed by atoms with Crippen LogP contribution < -0.4 is 5.73 Å². The van der Waals surface area contributed by atoms with Crippen LogP contribution in [0.2, 0.25) is 5.02 Å². The standard InChI is InChI=1S/C15H23ClN2O/c1-3-15(2,18-8-10-19-11-9-18)14(17)12-6-4-5-7-13(12)16/h4-7,14H,3,8-11,17H2,1-2H3. The van der Waals surface area contributed by atoms with E-state index in [4.69, 9.17) is 22.1 Å². The highest BCUT2D eigenvalue weighted by Crippen LogP contribution is 2.35. The highest BCUT2D eigenvalue weighted by atomic mass is 35.5. The average molecular weight is 283 g/mol. The van der Waals surface area contributed by atoms with Gasteiger partial charge in [0, 0.05) is 29.7 Å². The molecule has 1 aliphatic rings. The molecule has 1 aromatic carbocycles. The van der Waals surface area contributed by atoms with Gasteiger partial charge in [0.15, 0.2) is 0 Å². The molecule has 2 unspecified atom stereocenters. The highest BCUT2D eigenvalue weighted by Gasteiger charge is 2.38. The second-order valence-electron chi connectivity index (χ2n) is 5.31. The van der Waals surface area contributed by atoms with E-state index in [0.717, 1.165) is 43.3 Å². The van der Waals surface area contributed by atoms with Gasteiger partial charge in [0.25, 0.3) is 0 Å². The largest absolute Gasteiger partial charge is 0.379 e. The van der Waals surface area contributed by atoms with Gasteiger partial charge in [-0.25, -0.2) is 0 Å². The topological polar surface area (TPSA) is 38.5 Å². The van der Waals surface area contributed by atoms with E-state index in [2.05, 4.69) is 18.7 Å². The molecule has 2 atom stereocenters. The third-order valence-corrected chi connectivity index (χ3v) is 4.70. The van der Waals surface area contributed by atoms with E-state index in [1.165, 1.54) is 0 Å². The number of nitrogens with two attached hydrogens (primary N) is 1. The van der Waals surface area contributed by atoms with Gasteiger partial charge in [-0.15, -0.1) is 0 Å². The maximum absolute atomic E-state index is 6.55. The van der Waals surface area contributed by atoms with Crippen molar-refractivity contribution in [1.29, 1.82) is 0 Å². The molecular formula is C15H23ClN2O. The number of hydrogen-bond donors (Lipinski definition) is 1. The lowest BCUT2D eigenvalue weighted by Crippen LogP contribution is -2.56. The predicted octanol–water partition coefficient (Wildman–Crippen LogP) is 2.84. The Morgan fingerprint density at radius 3 is 2.58 bits per heavy atom. The quantitative estimate of drug-likeness (QED) is 0.923. The molecule has 106 valence electrons. The van der Waals surface area contributed by atoms with Crippen LogP contribution in [-0.4, -0.2) is 36.7 Å². The van der Waals surface area contributed by atoms with Crippen LogP contribution in [0.25, 0.3) is 0 Å². The summed E-state index contributed by atoms with van der Waals surface area (Å²) in [7, 11) is 0. The van der Waals surface area contributed by atoms with Crippen molar-refractivity contribution in [3.8, 4) is 0 Å². The first kappa shape index (κ1) is 14.8. The summed E-state index contributed by atoms with van der Waals surface area (Å²) in [4.78, 5) is 2.44. The maximum atomic E-state index is 6.55. The lowest BCUT2D eigenvalue weighted by atomic mass is 9.83. The third kappa shape index (κ3) is 2.95. The monoisotopic (exact) mass is 282 g/mol. The fraction of sp³-hybridized carbons (Fsp3) is 0.600. The Kier molecular flexibility index (Phi) is 4.85. The minimum atomic E-state index is -0.0932. The van der Waals surface area contributed by atoms with Crippen LogP contribution in [-0.2, 0) is 4.74 Å². The Balaban J connectivity index is 2.27. The zero-order valence-electron chi connectivity index (χ0n) is 11.7. The van der Waals surface area contributed by atoms with Crippen molar-refractivity contribution in [2.45, 2.75) is 31.8 Å². The second kappa shape index (κ2) is 6.23. The maximum Gasteiger partial charge on any atom is 0.0594 e. The lowest BCUT2D eigenvalue weighted by molar-refractivity contribution is -0.0277. The number of benzene rings is 1. The summed E-state index contributed by atoms with van der Waals surface area (Å²) in [6, 6.07) is 7.78. The first-order valence-corrected chi connectivity index (χ1v) is 7.30. The molecule has 1 saturated heterocycles. The molecule has 4 heteroatoms. The fourth-order valence-corrected chi connectivity index (χ4v) is 3.03. The molecule has 0 aromatic heterocycles. The summed E-state index contributed by atoms with van der Waals surface area (Å²) in [5.41, 5.74) is 7.49. The predicted molar refractivity (Wildman–Crippen MR) is 79.5 cm³/mol. The molecule has 1 aromatic rings. The van der Waals surface area contributed by atoms with E-state index in [1.54, 1.807) is 0 Å². The summed E-state index contributed by atoms with van der Waals surface area (Å²) in [5, 5.41) is 0.753. The number of rotatable bonds is 4. The SMILES string of the molecule is CCC(C)(C(N)c1ccccc1Cl)N1CCOCC1. The van der Waals surface area contributed by atoms with Crippen molar-refractivity contribution in [1.82, 2.24) is 4.90 Å². The van der Waals surface area contributed by atoms with Crippen molar-refractivity contribution in [3.63, 3.8) is 0 Å². The summed E-state index contributed by atoms with van der Waals surface area (Å²) < 4.78 is 5.44. The van der Waals surface area contributed by atoms with Crippen molar-refractivity contribution < 1.29 is 4.74 Å². The number of nitrogens with zero attached hydrogens (tertiary/aromatic N) is 1. The van der Waals surface area contributed by atoms with Crippen LogP contribution in [0.4, 0.5) is 0 Å². The summed E-state index contributed by atoms with van der Waals surface area (Å²) in [5.74, 6) is 0. The minimum absolute atomic E-state index is 0.0885. The van der Waals surface area contributed by atoms with Crippen LogP contribution in [0.3, 0.4) is 0 Å². The first-order chi connectivity index (χ1) is 9.09. The van der Waals surface area contributed by atoms with E-state index in [1.807, 2.05) is 24.3 Å². The Hall–Kier alpha value is -0.610. The van der Waals surface area contributed by atoms with E-state index in [-0.39, 0.29) is 11.6 Å². The van der Waals surface area contributed by atoms with Gasteiger partial charge in [-0.05, 0) is 25.0 Å². The van der Waals surface area contributed by atoms with Gasteiger partial charge in [0.05, 0.1) is 13.2 Å². The van der Waals surface area contributed by atoms with Crippen LogP contribution in [0.1, 0.15) is 31.9 Å². The highest BCUT2D eigenvalue weighted by molar-refractivity contribution is 6.31. The zero-order valence-corrected chi connectivity index (χ0v) is 12.5. The molecule has 19 heavy (non-hydrogen) atoms. The number of hydrogen-bond acceptors (Lipinski definition) is 3. The number of morpholine rings is 1. The zero-order chi connectivity index (χ0) is 13.9. The Labute approximate surface area is 120 Å². The van der Waals surface area contributed by atoms with Crippen molar-refractivity contribution in [2.75, 3.05) is 26.3 Å². The van der Waals surface area contributed by atoms with Crippen molar-refractivity contribution in [3.05, 3.63) is 34.9 Å². The van der Waals surface area contributed by atoms with Crippen LogP contribution >= 0.6 is 11.6 Å². The molecular weight excluding hydrogens is 260 g/mol. The number of halogens is 1.